The summed E-state index contributed by atoms with van der Waals surface area (Å²) in [6.07, 6.45) is 0. The molecule has 0 amide bonds. The van der Waals surface area contributed by atoms with Crippen molar-refractivity contribution in [3.8, 4) is 17.1 Å². The zero-order chi connectivity index (χ0) is 20.4. The number of rotatable bonds is 6. The predicted molar refractivity (Wildman–Crippen MR) is 111 cm³/mol. The number of cyclic esters (lactones) is 1. The van der Waals surface area contributed by atoms with Crippen LogP contribution < -0.4 is 4.74 Å². The van der Waals surface area contributed by atoms with Crippen LogP contribution in [0.5, 0.6) is 5.75 Å². The van der Waals surface area contributed by atoms with Gasteiger partial charge in [0.05, 0.1) is 17.4 Å². The number of aromatic amines is 1. The van der Waals surface area contributed by atoms with Crippen LogP contribution in [0.4, 0.5) is 0 Å². The molecule has 0 fully saturated rings. The van der Waals surface area contributed by atoms with Crippen molar-refractivity contribution in [1.82, 2.24) is 15.2 Å². The summed E-state index contributed by atoms with van der Waals surface area (Å²) < 4.78 is 10.4. The number of ether oxygens (including phenoxy) is 2. The van der Waals surface area contributed by atoms with E-state index >= 15 is 0 Å². The first-order valence-electron chi connectivity index (χ1n) is 8.79. The fraction of sp³-hybridized carbons (Fsp3) is 0.200. The van der Waals surface area contributed by atoms with Gasteiger partial charge in [0.2, 0.25) is 5.16 Å². The molecule has 3 aromatic rings. The van der Waals surface area contributed by atoms with Crippen LogP contribution in [0.3, 0.4) is 0 Å². The second-order valence-corrected chi connectivity index (χ2v) is 7.79. The fourth-order valence-electron chi connectivity index (χ4n) is 2.97. The Morgan fingerprint density at radius 1 is 1.21 bits per heavy atom. The number of hydrogen-bond donors (Lipinski definition) is 1. The van der Waals surface area contributed by atoms with Gasteiger partial charge in [-0.25, -0.2) is 14.8 Å². The van der Waals surface area contributed by atoms with E-state index in [4.69, 9.17) is 21.1 Å². The molecule has 1 N–H and O–H groups in total. The topological polar surface area (TPSA) is 89.5 Å². The highest BCUT2D eigenvalue weighted by Gasteiger charge is 2.37. The lowest BCUT2D eigenvalue weighted by molar-refractivity contribution is -0.135. The number of carbonyl (C=O) groups excluding carboxylic acids is 1. The van der Waals surface area contributed by atoms with Crippen molar-refractivity contribution in [2.45, 2.75) is 23.4 Å². The third kappa shape index (κ3) is 4.13. The molecule has 1 aliphatic heterocycles. The first kappa shape index (κ1) is 19.5. The second-order valence-electron chi connectivity index (χ2n) is 6.27. The highest BCUT2D eigenvalue weighted by molar-refractivity contribution is 7.99. The molecule has 0 unspecified atom stereocenters. The van der Waals surface area contributed by atoms with Crippen molar-refractivity contribution in [3.05, 3.63) is 59.1 Å². The molecule has 9 heteroatoms. The summed E-state index contributed by atoms with van der Waals surface area (Å²) in [4.78, 5) is 21.3. The lowest BCUT2D eigenvalue weighted by Crippen LogP contribution is -2.22. The van der Waals surface area contributed by atoms with E-state index in [0.717, 1.165) is 16.9 Å². The quantitative estimate of drug-likeness (QED) is 0.464. The maximum atomic E-state index is 12.3. The molecule has 0 saturated carbocycles. The number of hydrogen-bond acceptors (Lipinski definition) is 7. The van der Waals surface area contributed by atoms with Crippen LogP contribution >= 0.6 is 23.4 Å². The lowest BCUT2D eigenvalue weighted by atomic mass is 10.1. The van der Waals surface area contributed by atoms with E-state index in [1.807, 2.05) is 42.5 Å². The van der Waals surface area contributed by atoms with E-state index in [0.29, 0.717) is 21.9 Å². The Bertz CT molecular complexity index is 1070. The Morgan fingerprint density at radius 2 is 1.97 bits per heavy atom. The number of aliphatic imine (C=N–C) groups is 1. The summed E-state index contributed by atoms with van der Waals surface area (Å²) in [6, 6.07) is 14.2. The Hall–Kier alpha value is -2.84. The molecule has 2 atom stereocenters. The van der Waals surface area contributed by atoms with Gasteiger partial charge in [0.1, 0.15) is 5.75 Å². The summed E-state index contributed by atoms with van der Waals surface area (Å²) in [5.74, 6) is 1.24. The number of esters is 1. The molecular formula is C20H17ClN4O3S. The van der Waals surface area contributed by atoms with Gasteiger partial charge in [-0.05, 0) is 29.8 Å². The standard InChI is InChI=1S/C20H17ClN4O3S/c1-11-22-16(19(26)28-11)17(12-7-9-13(27-2)10-8-12)29-20-23-18(24-25-20)14-5-3-4-6-15(14)21/h3-10,16-17H,1-2H3,(H,23,24,25)/t16-,17+/m0/s1. The molecule has 1 aromatic heterocycles. The first-order chi connectivity index (χ1) is 14.0. The van der Waals surface area contributed by atoms with Crippen LogP contribution in [0.2, 0.25) is 5.02 Å². The third-order valence-corrected chi connectivity index (χ3v) is 5.87. The predicted octanol–water partition coefficient (Wildman–Crippen LogP) is 4.31. The number of halogens is 1. The van der Waals surface area contributed by atoms with Crippen molar-refractivity contribution in [1.29, 1.82) is 0 Å². The molecule has 1 aliphatic rings. The number of H-pyrrole nitrogens is 1. The fourth-order valence-corrected chi connectivity index (χ4v) is 4.26. The molecule has 4 rings (SSSR count). The molecule has 2 heterocycles. The molecular weight excluding hydrogens is 412 g/mol. The zero-order valence-electron chi connectivity index (χ0n) is 15.6. The van der Waals surface area contributed by atoms with Gasteiger partial charge in [0.15, 0.2) is 17.8 Å². The van der Waals surface area contributed by atoms with Gasteiger partial charge in [0, 0.05) is 12.5 Å². The smallest absolute Gasteiger partial charge is 0.338 e. The summed E-state index contributed by atoms with van der Waals surface area (Å²) in [5.41, 5.74) is 1.64. The number of carbonyl (C=O) groups is 1. The summed E-state index contributed by atoms with van der Waals surface area (Å²) in [7, 11) is 1.60. The summed E-state index contributed by atoms with van der Waals surface area (Å²) in [6.45, 7) is 1.66. The largest absolute Gasteiger partial charge is 0.497 e. The lowest BCUT2D eigenvalue weighted by Gasteiger charge is -2.18. The average molecular weight is 429 g/mol. The van der Waals surface area contributed by atoms with Gasteiger partial charge in [-0.2, -0.15) is 0 Å². The summed E-state index contributed by atoms with van der Waals surface area (Å²) >= 11 is 7.59. The first-order valence-corrected chi connectivity index (χ1v) is 10.0. The molecule has 0 bridgehead atoms. The van der Waals surface area contributed by atoms with Gasteiger partial charge in [0.25, 0.3) is 0 Å². The van der Waals surface area contributed by atoms with Crippen LogP contribution in [0.1, 0.15) is 17.7 Å². The Morgan fingerprint density at radius 3 is 2.62 bits per heavy atom. The second kappa shape index (κ2) is 8.26. The highest BCUT2D eigenvalue weighted by Crippen LogP contribution is 2.40. The number of nitrogens with one attached hydrogen (secondary N) is 1. The number of methoxy groups -OCH3 is 1. The van der Waals surface area contributed by atoms with E-state index in [2.05, 4.69) is 20.2 Å². The number of nitrogens with zero attached hydrogens (tertiary/aromatic N) is 3. The van der Waals surface area contributed by atoms with Gasteiger partial charge < -0.3 is 9.47 Å². The van der Waals surface area contributed by atoms with Crippen molar-refractivity contribution < 1.29 is 14.3 Å². The van der Waals surface area contributed by atoms with Crippen LogP contribution in [-0.4, -0.2) is 40.2 Å². The van der Waals surface area contributed by atoms with E-state index in [1.165, 1.54) is 11.8 Å². The molecule has 2 aromatic carbocycles. The summed E-state index contributed by atoms with van der Waals surface area (Å²) in [5, 5.41) is 7.90. The van der Waals surface area contributed by atoms with Crippen LogP contribution in [-0.2, 0) is 9.53 Å². The average Bonchev–Trinajstić information content (AvgIpc) is 3.32. The molecule has 0 saturated heterocycles. The minimum atomic E-state index is -0.685. The maximum Gasteiger partial charge on any atom is 0.338 e. The Balaban J connectivity index is 1.65. The Kier molecular flexibility index (Phi) is 5.55. The van der Waals surface area contributed by atoms with Crippen molar-refractivity contribution >= 4 is 35.2 Å². The van der Waals surface area contributed by atoms with Crippen molar-refractivity contribution in [2.24, 2.45) is 4.99 Å². The van der Waals surface area contributed by atoms with Crippen LogP contribution in [0.25, 0.3) is 11.4 Å². The molecule has 0 radical (unpaired) electrons. The minimum absolute atomic E-state index is 0.353. The van der Waals surface area contributed by atoms with E-state index < -0.39 is 12.0 Å². The highest BCUT2D eigenvalue weighted by atomic mass is 35.5. The molecule has 29 heavy (non-hydrogen) atoms. The minimum Gasteiger partial charge on any atom is -0.497 e. The normalized spacial score (nSPS) is 17.0. The molecule has 0 aliphatic carbocycles. The van der Waals surface area contributed by atoms with Crippen LogP contribution in [0, 0.1) is 0 Å². The molecule has 148 valence electrons. The number of thioether (sulfide) groups is 1. The zero-order valence-corrected chi connectivity index (χ0v) is 17.2. The van der Waals surface area contributed by atoms with E-state index in [9.17, 15) is 4.79 Å². The molecule has 0 spiro atoms. The van der Waals surface area contributed by atoms with Gasteiger partial charge in [-0.1, -0.05) is 47.6 Å². The maximum absolute atomic E-state index is 12.3. The third-order valence-electron chi connectivity index (χ3n) is 4.37. The SMILES string of the molecule is COc1ccc([C@@H](Sc2n[nH]c(-c3ccccc3Cl)n2)[C@@H]2N=C(C)OC2=O)cc1. The van der Waals surface area contributed by atoms with Crippen LogP contribution in [0.15, 0.2) is 58.7 Å². The van der Waals surface area contributed by atoms with Gasteiger partial charge in [-0.3, -0.25) is 5.10 Å². The number of benzene rings is 2. The Labute approximate surface area is 176 Å². The van der Waals surface area contributed by atoms with Gasteiger partial charge >= 0.3 is 5.97 Å². The van der Waals surface area contributed by atoms with Crippen molar-refractivity contribution in [3.63, 3.8) is 0 Å². The van der Waals surface area contributed by atoms with E-state index in [-0.39, 0.29) is 5.25 Å². The molecule has 7 nitrogen and oxygen atoms in total. The van der Waals surface area contributed by atoms with Crippen molar-refractivity contribution in [2.75, 3.05) is 7.11 Å². The van der Waals surface area contributed by atoms with Gasteiger partial charge in [-0.15, -0.1) is 5.10 Å². The number of aromatic nitrogens is 3. The van der Waals surface area contributed by atoms with E-state index in [1.54, 1.807) is 20.1 Å². The monoisotopic (exact) mass is 428 g/mol.